The molecule has 3 aromatic rings. The second-order valence-corrected chi connectivity index (χ2v) is 10.1. The van der Waals surface area contributed by atoms with E-state index in [1.54, 1.807) is 11.3 Å². The highest BCUT2D eigenvalue weighted by molar-refractivity contribution is 7.13. The lowest BCUT2D eigenvalue weighted by atomic mass is 10.1. The number of carbonyl (C=O) groups is 1. The zero-order valence-corrected chi connectivity index (χ0v) is 20.7. The van der Waals surface area contributed by atoms with Crippen LogP contribution in [-0.2, 0) is 24.3 Å². The minimum Gasteiger partial charge on any atom is -0.336 e. The normalized spacial score (nSPS) is 15.2. The van der Waals surface area contributed by atoms with Crippen LogP contribution in [0.4, 0.5) is 0 Å². The van der Waals surface area contributed by atoms with Crippen LogP contribution >= 0.6 is 11.3 Å². The van der Waals surface area contributed by atoms with E-state index >= 15 is 0 Å². The molecule has 0 bridgehead atoms. The second kappa shape index (κ2) is 11.1. The molecule has 0 aliphatic carbocycles. The summed E-state index contributed by atoms with van der Waals surface area (Å²) in [4.78, 5) is 24.6. The molecule has 5 nitrogen and oxygen atoms in total. The Morgan fingerprint density at radius 2 is 1.70 bits per heavy atom. The second-order valence-electron chi connectivity index (χ2n) is 9.20. The quantitative estimate of drug-likeness (QED) is 0.493. The van der Waals surface area contributed by atoms with Gasteiger partial charge in [0.15, 0.2) is 0 Å². The molecule has 1 aliphatic heterocycles. The van der Waals surface area contributed by atoms with Gasteiger partial charge in [-0.3, -0.25) is 9.69 Å². The molecule has 1 fully saturated rings. The molecule has 1 aromatic heterocycles. The van der Waals surface area contributed by atoms with Crippen molar-refractivity contribution >= 4 is 17.2 Å². The van der Waals surface area contributed by atoms with E-state index in [2.05, 4.69) is 67.1 Å². The minimum absolute atomic E-state index is 0.119. The zero-order valence-electron chi connectivity index (χ0n) is 19.9. The Kier molecular flexibility index (Phi) is 7.91. The zero-order chi connectivity index (χ0) is 23.2. The van der Waals surface area contributed by atoms with E-state index in [1.165, 1.54) is 5.56 Å². The van der Waals surface area contributed by atoms with Gasteiger partial charge in [0.05, 0.1) is 12.1 Å². The average Bonchev–Trinajstić information content (AvgIpc) is 3.28. The fourth-order valence-electron chi connectivity index (χ4n) is 4.13. The number of piperazine rings is 1. The Balaban J connectivity index is 1.36. The molecule has 1 saturated heterocycles. The Morgan fingerprint density at radius 1 is 1.00 bits per heavy atom. The predicted molar refractivity (Wildman–Crippen MR) is 136 cm³/mol. The minimum atomic E-state index is 0.119. The van der Waals surface area contributed by atoms with Gasteiger partial charge in [-0.2, -0.15) is 0 Å². The van der Waals surface area contributed by atoms with E-state index in [9.17, 15) is 4.79 Å². The van der Waals surface area contributed by atoms with Crippen LogP contribution in [0.2, 0.25) is 0 Å². The summed E-state index contributed by atoms with van der Waals surface area (Å²) in [6, 6.07) is 19.0. The molecule has 2 heterocycles. The molecule has 33 heavy (non-hydrogen) atoms. The number of hydrogen-bond donors (Lipinski definition) is 0. The molecular weight excluding hydrogens is 428 g/mol. The topological polar surface area (TPSA) is 39.7 Å². The summed E-state index contributed by atoms with van der Waals surface area (Å²) in [5.74, 6) is 0.119. The first kappa shape index (κ1) is 23.6. The first-order chi connectivity index (χ1) is 16.0. The van der Waals surface area contributed by atoms with Crippen molar-refractivity contribution in [2.45, 2.75) is 39.4 Å². The van der Waals surface area contributed by atoms with E-state index in [4.69, 9.17) is 4.98 Å². The van der Waals surface area contributed by atoms with Gasteiger partial charge in [0.2, 0.25) is 5.91 Å². The molecule has 0 spiro atoms. The van der Waals surface area contributed by atoms with Crippen molar-refractivity contribution in [1.82, 2.24) is 19.7 Å². The maximum absolute atomic E-state index is 13.0. The van der Waals surface area contributed by atoms with Gasteiger partial charge in [-0.1, -0.05) is 54.6 Å². The molecule has 4 rings (SSSR count). The van der Waals surface area contributed by atoms with Gasteiger partial charge in [0.25, 0.3) is 0 Å². The summed E-state index contributed by atoms with van der Waals surface area (Å²) < 4.78 is 0. The Hall–Kier alpha value is -2.54. The summed E-state index contributed by atoms with van der Waals surface area (Å²) in [5, 5.41) is 3.00. The van der Waals surface area contributed by atoms with Crippen molar-refractivity contribution in [3.8, 4) is 10.6 Å². The maximum atomic E-state index is 13.0. The van der Waals surface area contributed by atoms with Crippen LogP contribution in [-0.4, -0.2) is 64.9 Å². The number of likely N-dealkylation sites (N-methyl/N-ethyl adjacent to an activating group) is 1. The summed E-state index contributed by atoms with van der Waals surface area (Å²) >= 11 is 1.61. The lowest BCUT2D eigenvalue weighted by Crippen LogP contribution is -2.43. The third-order valence-corrected chi connectivity index (χ3v) is 7.17. The van der Waals surface area contributed by atoms with E-state index in [0.717, 1.165) is 54.6 Å². The van der Waals surface area contributed by atoms with E-state index in [1.807, 2.05) is 28.5 Å². The SMILES string of the molecule is CC(C)N(Cc1ccccc1)C(=O)Cc1csc(-c2ccc(CN3CCN(C)CC3)cc2)n1. The van der Waals surface area contributed by atoms with Crippen molar-refractivity contribution in [1.29, 1.82) is 0 Å². The first-order valence-corrected chi connectivity index (χ1v) is 12.6. The Labute approximate surface area is 201 Å². The van der Waals surface area contributed by atoms with Crippen LogP contribution in [0.3, 0.4) is 0 Å². The molecule has 0 radical (unpaired) electrons. The van der Waals surface area contributed by atoms with Gasteiger partial charge in [0.1, 0.15) is 5.01 Å². The molecule has 0 atom stereocenters. The van der Waals surface area contributed by atoms with Crippen molar-refractivity contribution in [2.24, 2.45) is 0 Å². The first-order valence-electron chi connectivity index (χ1n) is 11.8. The molecule has 0 N–H and O–H groups in total. The molecule has 6 heteroatoms. The number of rotatable bonds is 8. The molecule has 0 saturated carbocycles. The Morgan fingerprint density at radius 3 is 2.36 bits per heavy atom. The largest absolute Gasteiger partial charge is 0.336 e. The number of thiazole rings is 1. The fraction of sp³-hybridized carbons (Fsp3) is 0.407. The number of aromatic nitrogens is 1. The van der Waals surface area contributed by atoms with Crippen molar-refractivity contribution in [2.75, 3.05) is 33.2 Å². The number of nitrogens with zero attached hydrogens (tertiary/aromatic N) is 4. The van der Waals surface area contributed by atoms with Crippen LogP contribution in [0.5, 0.6) is 0 Å². The van der Waals surface area contributed by atoms with Crippen LogP contribution < -0.4 is 0 Å². The van der Waals surface area contributed by atoms with Crippen LogP contribution in [0.25, 0.3) is 10.6 Å². The average molecular weight is 463 g/mol. The molecule has 2 aromatic carbocycles. The van der Waals surface area contributed by atoms with E-state index in [-0.39, 0.29) is 11.9 Å². The highest BCUT2D eigenvalue weighted by Gasteiger charge is 2.19. The van der Waals surface area contributed by atoms with Crippen molar-refractivity contribution in [3.05, 3.63) is 76.8 Å². The molecule has 1 aliphatic rings. The highest BCUT2D eigenvalue weighted by atomic mass is 32.1. The van der Waals surface area contributed by atoms with Crippen molar-refractivity contribution in [3.63, 3.8) is 0 Å². The smallest absolute Gasteiger partial charge is 0.229 e. The van der Waals surface area contributed by atoms with Gasteiger partial charge < -0.3 is 9.80 Å². The summed E-state index contributed by atoms with van der Waals surface area (Å²) in [6.07, 6.45) is 0.336. The van der Waals surface area contributed by atoms with Gasteiger partial charge in [0, 0.05) is 56.3 Å². The summed E-state index contributed by atoms with van der Waals surface area (Å²) in [5.41, 5.74) is 4.45. The number of hydrogen-bond acceptors (Lipinski definition) is 5. The number of carbonyl (C=O) groups excluding carboxylic acids is 1. The van der Waals surface area contributed by atoms with Crippen LogP contribution in [0.1, 0.15) is 30.7 Å². The molecular formula is C27H34N4OS. The van der Waals surface area contributed by atoms with Crippen LogP contribution in [0.15, 0.2) is 60.0 Å². The van der Waals surface area contributed by atoms with E-state index < -0.39 is 0 Å². The maximum Gasteiger partial charge on any atom is 0.229 e. The summed E-state index contributed by atoms with van der Waals surface area (Å²) in [7, 11) is 2.19. The number of amides is 1. The van der Waals surface area contributed by atoms with Gasteiger partial charge in [-0.15, -0.1) is 11.3 Å². The number of benzene rings is 2. The van der Waals surface area contributed by atoms with Crippen molar-refractivity contribution < 1.29 is 4.79 Å². The third-order valence-electron chi connectivity index (χ3n) is 6.23. The van der Waals surface area contributed by atoms with E-state index in [0.29, 0.717) is 13.0 Å². The van der Waals surface area contributed by atoms with Gasteiger partial charge in [-0.25, -0.2) is 4.98 Å². The van der Waals surface area contributed by atoms with Gasteiger partial charge in [-0.05, 0) is 32.0 Å². The molecule has 174 valence electrons. The van der Waals surface area contributed by atoms with Crippen LogP contribution in [0, 0.1) is 0 Å². The molecule has 0 unspecified atom stereocenters. The summed E-state index contributed by atoms with van der Waals surface area (Å²) in [6.45, 7) is 10.3. The lowest BCUT2D eigenvalue weighted by Gasteiger charge is -2.32. The fourth-order valence-corrected chi connectivity index (χ4v) is 4.96. The lowest BCUT2D eigenvalue weighted by molar-refractivity contribution is -0.132. The predicted octanol–water partition coefficient (Wildman–Crippen LogP) is 4.54. The standard InChI is InChI=1S/C27H34N4OS/c1-21(2)31(19-22-7-5-4-6-8-22)26(32)17-25-20-33-27(28-25)24-11-9-23(10-12-24)18-30-15-13-29(3)14-16-30/h4-12,20-21H,13-19H2,1-3H3. The van der Waals surface area contributed by atoms with Gasteiger partial charge >= 0.3 is 0 Å². The molecule has 1 amide bonds. The Bertz CT molecular complexity index is 1020. The third kappa shape index (κ3) is 6.50. The highest BCUT2D eigenvalue weighted by Crippen LogP contribution is 2.25. The monoisotopic (exact) mass is 462 g/mol.